The maximum absolute atomic E-state index is 11.6. The molecule has 0 saturated heterocycles. The lowest BCUT2D eigenvalue weighted by molar-refractivity contribution is -0.125. The molecule has 0 aromatic heterocycles. The van der Waals surface area contributed by atoms with E-state index in [0.29, 0.717) is 30.9 Å². The highest BCUT2D eigenvalue weighted by atomic mass is 16.5. The van der Waals surface area contributed by atoms with Gasteiger partial charge in [0.2, 0.25) is 0 Å². The molecule has 5 aliphatic rings. The molecule has 5 aliphatic carbocycles. The number of guanidine groups is 1. The van der Waals surface area contributed by atoms with Crippen molar-refractivity contribution >= 4 is 5.96 Å². The van der Waals surface area contributed by atoms with Crippen molar-refractivity contribution in [3.8, 4) is 5.75 Å². The molecule has 5 fully saturated rings. The predicted molar refractivity (Wildman–Crippen MR) is 98.4 cm³/mol. The number of rotatable bonds is 5. The molecule has 5 nitrogen and oxygen atoms in total. The molecule has 0 spiro atoms. The van der Waals surface area contributed by atoms with Gasteiger partial charge in [0.05, 0.1) is 19.3 Å². The van der Waals surface area contributed by atoms with Crippen LogP contribution in [0.5, 0.6) is 5.75 Å². The van der Waals surface area contributed by atoms with Crippen LogP contribution in [-0.4, -0.2) is 30.3 Å². The maximum atomic E-state index is 11.6. The first-order valence-electron chi connectivity index (χ1n) is 10.0. The smallest absolute Gasteiger partial charge is 0.189 e. The number of benzene rings is 1. The molecule has 9 unspecified atom stereocenters. The number of fused-ring (bicyclic) bond motifs is 2. The number of nitrogens with one attached hydrogen (secondary N) is 1. The Bertz CT molecular complexity index is 789. The van der Waals surface area contributed by atoms with Gasteiger partial charge >= 0.3 is 0 Å². The van der Waals surface area contributed by atoms with Crippen molar-refractivity contribution in [2.24, 2.45) is 58.1 Å². The van der Waals surface area contributed by atoms with Gasteiger partial charge in [-0.2, -0.15) is 0 Å². The quantitative estimate of drug-likeness (QED) is 0.555. The highest BCUT2D eigenvalue weighted by Gasteiger charge is 2.84. The van der Waals surface area contributed by atoms with Gasteiger partial charge < -0.3 is 20.9 Å². The monoisotopic (exact) mass is 353 g/mol. The Morgan fingerprint density at radius 1 is 1.19 bits per heavy atom. The fourth-order valence-corrected chi connectivity index (χ4v) is 8.25. The standard InChI is InChI=1S/C21H27N3O2/c1-26-15-5-3-2-4-10(15)8-23-20(22)24-9-21(25)18-12-7-13-16-11(12)6-14(18)17(16)19(13)21/h2-5,11-14,16-19,25H,6-9H2,1H3,(H3,22,23,24). The SMILES string of the molecule is COc1ccccc1CN=C(N)NCC1(O)C2C3CC4C5C3CC2C5C41. The summed E-state index contributed by atoms with van der Waals surface area (Å²) in [6, 6.07) is 7.85. The number of hydrogen-bond donors (Lipinski definition) is 3. The average molecular weight is 353 g/mol. The Balaban J connectivity index is 1.16. The minimum Gasteiger partial charge on any atom is -0.496 e. The van der Waals surface area contributed by atoms with E-state index in [4.69, 9.17) is 10.5 Å². The van der Waals surface area contributed by atoms with Crippen LogP contribution in [-0.2, 0) is 6.54 Å². The van der Waals surface area contributed by atoms with Gasteiger partial charge in [0.1, 0.15) is 5.75 Å². The fourth-order valence-electron chi connectivity index (χ4n) is 8.25. The molecule has 5 heteroatoms. The second-order valence-corrected chi connectivity index (χ2v) is 9.19. The zero-order valence-corrected chi connectivity index (χ0v) is 15.1. The summed E-state index contributed by atoms with van der Waals surface area (Å²) in [6.07, 6.45) is 2.77. The van der Waals surface area contributed by atoms with E-state index in [0.717, 1.165) is 46.8 Å². The molecule has 0 aliphatic heterocycles. The van der Waals surface area contributed by atoms with E-state index < -0.39 is 5.60 Å². The van der Waals surface area contributed by atoms with E-state index in [1.165, 1.54) is 12.8 Å². The number of nitrogens with two attached hydrogens (primary N) is 1. The first-order chi connectivity index (χ1) is 12.6. The Morgan fingerprint density at radius 2 is 1.96 bits per heavy atom. The minimum absolute atomic E-state index is 0.419. The van der Waals surface area contributed by atoms with Gasteiger partial charge in [0, 0.05) is 12.1 Å². The van der Waals surface area contributed by atoms with Crippen LogP contribution in [0.15, 0.2) is 29.3 Å². The molecular formula is C21H27N3O2. The third kappa shape index (κ3) is 1.64. The van der Waals surface area contributed by atoms with Crippen molar-refractivity contribution in [1.82, 2.24) is 5.32 Å². The number of aliphatic hydroxyl groups is 1. The van der Waals surface area contributed by atoms with Crippen LogP contribution < -0.4 is 15.8 Å². The molecule has 4 N–H and O–H groups in total. The van der Waals surface area contributed by atoms with Gasteiger partial charge in [-0.3, -0.25) is 0 Å². The van der Waals surface area contributed by atoms with Crippen LogP contribution in [0.2, 0.25) is 0 Å². The normalized spacial score (nSPS) is 48.9. The number of para-hydroxylation sites is 1. The van der Waals surface area contributed by atoms with Crippen LogP contribution >= 0.6 is 0 Å². The molecule has 9 atom stereocenters. The lowest BCUT2D eigenvalue weighted by Gasteiger charge is -2.51. The van der Waals surface area contributed by atoms with E-state index in [2.05, 4.69) is 10.3 Å². The Morgan fingerprint density at radius 3 is 2.81 bits per heavy atom. The van der Waals surface area contributed by atoms with Crippen molar-refractivity contribution in [2.75, 3.05) is 13.7 Å². The second kappa shape index (κ2) is 4.94. The van der Waals surface area contributed by atoms with Crippen molar-refractivity contribution in [3.05, 3.63) is 29.8 Å². The Labute approximate surface area is 154 Å². The first-order valence-corrected chi connectivity index (χ1v) is 10.0. The predicted octanol–water partition coefficient (Wildman–Crippen LogP) is 1.61. The fraction of sp³-hybridized carbons (Fsp3) is 0.667. The largest absolute Gasteiger partial charge is 0.496 e. The summed E-state index contributed by atoms with van der Waals surface area (Å²) >= 11 is 0. The van der Waals surface area contributed by atoms with Gasteiger partial charge in [-0.15, -0.1) is 0 Å². The molecule has 0 radical (unpaired) electrons. The van der Waals surface area contributed by atoms with Crippen LogP contribution in [0, 0.1) is 47.3 Å². The van der Waals surface area contributed by atoms with Crippen molar-refractivity contribution < 1.29 is 9.84 Å². The molecule has 5 saturated carbocycles. The van der Waals surface area contributed by atoms with Crippen molar-refractivity contribution in [3.63, 3.8) is 0 Å². The summed E-state index contributed by atoms with van der Waals surface area (Å²) in [5, 5.41) is 14.8. The summed E-state index contributed by atoms with van der Waals surface area (Å²) in [5.41, 5.74) is 6.58. The molecule has 0 amide bonds. The number of methoxy groups -OCH3 is 1. The molecule has 1 aromatic carbocycles. The highest BCUT2D eigenvalue weighted by Crippen LogP contribution is 2.85. The van der Waals surface area contributed by atoms with Gasteiger partial charge in [-0.1, -0.05) is 18.2 Å². The molecular weight excluding hydrogens is 326 g/mol. The minimum atomic E-state index is -0.560. The van der Waals surface area contributed by atoms with E-state index in [1.54, 1.807) is 7.11 Å². The lowest BCUT2D eigenvalue weighted by atomic mass is 9.56. The van der Waals surface area contributed by atoms with E-state index >= 15 is 0 Å². The van der Waals surface area contributed by atoms with Crippen molar-refractivity contribution in [1.29, 1.82) is 0 Å². The average Bonchev–Trinajstić information content (AvgIpc) is 3.17. The van der Waals surface area contributed by atoms with E-state index in [1.807, 2.05) is 24.3 Å². The topological polar surface area (TPSA) is 79.9 Å². The van der Waals surface area contributed by atoms with Crippen molar-refractivity contribution in [2.45, 2.75) is 25.0 Å². The third-order valence-electron chi connectivity index (χ3n) is 8.68. The van der Waals surface area contributed by atoms with E-state index in [9.17, 15) is 5.11 Å². The van der Waals surface area contributed by atoms with Crippen LogP contribution in [0.3, 0.4) is 0 Å². The molecule has 0 heterocycles. The number of nitrogens with zero attached hydrogens (tertiary/aromatic N) is 1. The summed E-state index contributed by atoms with van der Waals surface area (Å²) in [6.45, 7) is 1.04. The number of ether oxygens (including phenoxy) is 1. The summed E-state index contributed by atoms with van der Waals surface area (Å²) in [5.74, 6) is 7.33. The third-order valence-corrected chi connectivity index (χ3v) is 8.68. The molecule has 6 rings (SSSR count). The van der Waals surface area contributed by atoms with Gasteiger partial charge in [-0.05, 0) is 66.3 Å². The molecule has 2 bridgehead atoms. The summed E-state index contributed by atoms with van der Waals surface area (Å²) in [4.78, 5) is 4.47. The summed E-state index contributed by atoms with van der Waals surface area (Å²) in [7, 11) is 1.67. The number of aliphatic imine (C=N–C) groups is 1. The summed E-state index contributed by atoms with van der Waals surface area (Å²) < 4.78 is 5.36. The lowest BCUT2D eigenvalue weighted by Crippen LogP contribution is -2.59. The van der Waals surface area contributed by atoms with Crippen LogP contribution in [0.4, 0.5) is 0 Å². The molecule has 1 aromatic rings. The van der Waals surface area contributed by atoms with Gasteiger partial charge in [-0.25, -0.2) is 4.99 Å². The number of hydrogen-bond acceptors (Lipinski definition) is 3. The van der Waals surface area contributed by atoms with Crippen LogP contribution in [0.25, 0.3) is 0 Å². The highest BCUT2D eigenvalue weighted by molar-refractivity contribution is 5.78. The zero-order chi connectivity index (χ0) is 17.6. The molecule has 138 valence electrons. The molecule has 26 heavy (non-hydrogen) atoms. The zero-order valence-electron chi connectivity index (χ0n) is 15.1. The van der Waals surface area contributed by atoms with Crippen LogP contribution in [0.1, 0.15) is 18.4 Å². The first kappa shape index (κ1) is 15.3. The van der Waals surface area contributed by atoms with Gasteiger partial charge in [0.15, 0.2) is 5.96 Å². The Kier molecular flexibility index (Phi) is 2.91. The van der Waals surface area contributed by atoms with E-state index in [-0.39, 0.29) is 0 Å². The van der Waals surface area contributed by atoms with Gasteiger partial charge in [0.25, 0.3) is 0 Å². The Hall–Kier alpha value is -1.75. The second-order valence-electron chi connectivity index (χ2n) is 9.19. The maximum Gasteiger partial charge on any atom is 0.189 e.